The highest BCUT2D eigenvalue weighted by Crippen LogP contribution is 2.18. The number of carbonyl (C=O) groups excluding carboxylic acids is 1. The first-order chi connectivity index (χ1) is 10.8. The SMILES string of the molecule is CCOC[C@@H]1CN(C(=O)Cc2cccs2)Cc2ccnn2C1. The molecule has 5 nitrogen and oxygen atoms in total. The number of hydrogen-bond acceptors (Lipinski definition) is 4. The molecular weight excluding hydrogens is 298 g/mol. The quantitative estimate of drug-likeness (QED) is 0.849. The van der Waals surface area contributed by atoms with Crippen molar-refractivity contribution in [2.24, 2.45) is 5.92 Å². The van der Waals surface area contributed by atoms with E-state index in [-0.39, 0.29) is 11.8 Å². The number of ether oxygens (including phenoxy) is 1. The van der Waals surface area contributed by atoms with E-state index in [1.165, 1.54) is 0 Å². The van der Waals surface area contributed by atoms with E-state index in [4.69, 9.17) is 4.74 Å². The van der Waals surface area contributed by atoms with Gasteiger partial charge in [-0.2, -0.15) is 5.10 Å². The molecule has 0 saturated heterocycles. The van der Waals surface area contributed by atoms with E-state index in [9.17, 15) is 4.79 Å². The number of nitrogens with zero attached hydrogens (tertiary/aromatic N) is 3. The summed E-state index contributed by atoms with van der Waals surface area (Å²) in [5.41, 5.74) is 1.10. The van der Waals surface area contributed by atoms with Crippen LogP contribution in [0, 0.1) is 5.92 Å². The Kier molecular flexibility index (Phi) is 4.90. The molecule has 2 aromatic heterocycles. The smallest absolute Gasteiger partial charge is 0.228 e. The van der Waals surface area contributed by atoms with Crippen LogP contribution in [-0.4, -0.2) is 40.3 Å². The summed E-state index contributed by atoms with van der Waals surface area (Å²) in [7, 11) is 0. The Morgan fingerprint density at radius 1 is 1.45 bits per heavy atom. The molecule has 0 fully saturated rings. The van der Waals surface area contributed by atoms with Crippen LogP contribution in [-0.2, 0) is 29.0 Å². The van der Waals surface area contributed by atoms with Crippen LogP contribution in [0.5, 0.6) is 0 Å². The molecule has 0 saturated carbocycles. The van der Waals surface area contributed by atoms with Gasteiger partial charge >= 0.3 is 0 Å². The molecule has 0 unspecified atom stereocenters. The normalized spacial score (nSPS) is 18.0. The van der Waals surface area contributed by atoms with Gasteiger partial charge in [-0.1, -0.05) is 6.07 Å². The topological polar surface area (TPSA) is 47.4 Å². The Balaban J connectivity index is 1.73. The predicted octanol–water partition coefficient (Wildman–Crippen LogP) is 2.18. The van der Waals surface area contributed by atoms with E-state index in [0.717, 1.165) is 23.7 Å². The van der Waals surface area contributed by atoms with Crippen LogP contribution in [0.15, 0.2) is 29.8 Å². The van der Waals surface area contributed by atoms with Crippen LogP contribution in [0.3, 0.4) is 0 Å². The van der Waals surface area contributed by atoms with Crippen molar-refractivity contribution in [1.29, 1.82) is 0 Å². The second-order valence-electron chi connectivity index (χ2n) is 5.56. The van der Waals surface area contributed by atoms with Crippen LogP contribution in [0.1, 0.15) is 17.5 Å². The molecule has 1 atom stereocenters. The van der Waals surface area contributed by atoms with Crippen LogP contribution in [0.4, 0.5) is 0 Å². The monoisotopic (exact) mass is 319 g/mol. The largest absolute Gasteiger partial charge is 0.381 e. The molecular formula is C16H21N3O2S. The highest BCUT2D eigenvalue weighted by molar-refractivity contribution is 7.10. The maximum atomic E-state index is 12.6. The minimum Gasteiger partial charge on any atom is -0.381 e. The summed E-state index contributed by atoms with van der Waals surface area (Å²) < 4.78 is 7.58. The average Bonchev–Trinajstić information content (AvgIpc) is 3.13. The van der Waals surface area contributed by atoms with Crippen molar-refractivity contribution in [3.05, 3.63) is 40.3 Å². The molecule has 0 aliphatic carbocycles. The van der Waals surface area contributed by atoms with Crippen LogP contribution in [0.25, 0.3) is 0 Å². The van der Waals surface area contributed by atoms with Crippen LogP contribution in [0.2, 0.25) is 0 Å². The van der Waals surface area contributed by atoms with Gasteiger partial charge in [0.25, 0.3) is 0 Å². The number of carbonyl (C=O) groups is 1. The molecule has 22 heavy (non-hydrogen) atoms. The Bertz CT molecular complexity index is 609. The van der Waals surface area contributed by atoms with Crippen molar-refractivity contribution in [2.75, 3.05) is 19.8 Å². The highest BCUT2D eigenvalue weighted by Gasteiger charge is 2.25. The first-order valence-corrected chi connectivity index (χ1v) is 8.52. The number of fused-ring (bicyclic) bond motifs is 1. The Morgan fingerprint density at radius 3 is 3.14 bits per heavy atom. The van der Waals surface area contributed by atoms with Gasteiger partial charge in [0.1, 0.15) is 0 Å². The third-order valence-electron chi connectivity index (χ3n) is 3.88. The van der Waals surface area contributed by atoms with E-state index >= 15 is 0 Å². The lowest BCUT2D eigenvalue weighted by Crippen LogP contribution is -2.36. The fourth-order valence-electron chi connectivity index (χ4n) is 2.79. The number of rotatable bonds is 5. The lowest BCUT2D eigenvalue weighted by molar-refractivity contribution is -0.131. The van der Waals surface area contributed by atoms with Gasteiger partial charge in [0.2, 0.25) is 5.91 Å². The van der Waals surface area contributed by atoms with E-state index < -0.39 is 0 Å². The molecule has 1 aliphatic heterocycles. The lowest BCUT2D eigenvalue weighted by atomic mass is 10.1. The fraction of sp³-hybridized carbons (Fsp3) is 0.500. The second kappa shape index (κ2) is 7.07. The number of hydrogen-bond donors (Lipinski definition) is 0. The van der Waals surface area contributed by atoms with Crippen molar-refractivity contribution in [1.82, 2.24) is 14.7 Å². The van der Waals surface area contributed by atoms with Gasteiger partial charge in [0.05, 0.1) is 25.3 Å². The molecule has 0 spiro atoms. The first kappa shape index (κ1) is 15.2. The molecule has 0 N–H and O–H groups in total. The summed E-state index contributed by atoms with van der Waals surface area (Å²) in [4.78, 5) is 15.7. The van der Waals surface area contributed by atoms with Crippen molar-refractivity contribution in [3.8, 4) is 0 Å². The van der Waals surface area contributed by atoms with Crippen molar-refractivity contribution in [2.45, 2.75) is 26.4 Å². The summed E-state index contributed by atoms with van der Waals surface area (Å²) in [5.74, 6) is 0.465. The molecule has 0 radical (unpaired) electrons. The number of amides is 1. The summed E-state index contributed by atoms with van der Waals surface area (Å²) in [6, 6.07) is 6.00. The predicted molar refractivity (Wildman–Crippen MR) is 85.7 cm³/mol. The van der Waals surface area contributed by atoms with E-state index in [1.54, 1.807) is 17.5 Å². The average molecular weight is 319 g/mol. The fourth-order valence-corrected chi connectivity index (χ4v) is 3.48. The van der Waals surface area contributed by atoms with Gasteiger partial charge < -0.3 is 9.64 Å². The molecule has 6 heteroatoms. The third-order valence-corrected chi connectivity index (χ3v) is 4.76. The molecule has 1 aliphatic rings. The van der Waals surface area contributed by atoms with Gasteiger partial charge in [-0.25, -0.2) is 0 Å². The van der Waals surface area contributed by atoms with Crippen molar-refractivity contribution >= 4 is 17.2 Å². The summed E-state index contributed by atoms with van der Waals surface area (Å²) in [5, 5.41) is 6.38. The zero-order valence-electron chi connectivity index (χ0n) is 12.8. The van der Waals surface area contributed by atoms with E-state index in [1.807, 2.05) is 40.1 Å². The second-order valence-corrected chi connectivity index (χ2v) is 6.59. The Hall–Kier alpha value is -1.66. The maximum absolute atomic E-state index is 12.6. The Morgan fingerprint density at radius 2 is 2.36 bits per heavy atom. The molecule has 2 aromatic rings. The minimum absolute atomic E-state index is 0.179. The van der Waals surface area contributed by atoms with Gasteiger partial charge in [-0.3, -0.25) is 9.48 Å². The van der Waals surface area contributed by atoms with Crippen LogP contribution >= 0.6 is 11.3 Å². The van der Waals surface area contributed by atoms with Crippen molar-refractivity contribution in [3.63, 3.8) is 0 Å². The summed E-state index contributed by atoms with van der Waals surface area (Å²) >= 11 is 1.63. The van der Waals surface area contributed by atoms with Gasteiger partial charge in [0.15, 0.2) is 0 Å². The zero-order chi connectivity index (χ0) is 15.4. The lowest BCUT2D eigenvalue weighted by Gasteiger charge is -2.24. The number of thiophene rings is 1. The maximum Gasteiger partial charge on any atom is 0.228 e. The van der Waals surface area contributed by atoms with Gasteiger partial charge in [0, 0.05) is 36.7 Å². The van der Waals surface area contributed by atoms with E-state index in [0.29, 0.717) is 26.2 Å². The third kappa shape index (κ3) is 3.56. The molecule has 118 valence electrons. The molecule has 0 bridgehead atoms. The first-order valence-electron chi connectivity index (χ1n) is 7.65. The zero-order valence-corrected chi connectivity index (χ0v) is 13.6. The van der Waals surface area contributed by atoms with Gasteiger partial charge in [-0.15, -0.1) is 11.3 Å². The molecule has 3 heterocycles. The van der Waals surface area contributed by atoms with Gasteiger partial charge in [-0.05, 0) is 24.4 Å². The highest BCUT2D eigenvalue weighted by atomic mass is 32.1. The van der Waals surface area contributed by atoms with Crippen LogP contribution < -0.4 is 0 Å². The molecule has 1 amide bonds. The Labute approximate surface area is 134 Å². The standard InChI is InChI=1S/C16H21N3O2S/c1-2-21-12-13-9-18(11-14-5-6-17-19(14)10-13)16(20)8-15-4-3-7-22-15/h3-7,13H,2,8-12H2,1H3/t13-/m1/s1. The minimum atomic E-state index is 0.179. The molecule has 0 aromatic carbocycles. The van der Waals surface area contributed by atoms with Crippen molar-refractivity contribution < 1.29 is 9.53 Å². The summed E-state index contributed by atoms with van der Waals surface area (Å²) in [6.07, 6.45) is 2.29. The molecule has 3 rings (SSSR count). The van der Waals surface area contributed by atoms with E-state index in [2.05, 4.69) is 5.10 Å². The summed E-state index contributed by atoms with van der Waals surface area (Å²) in [6.45, 7) is 5.53. The number of aromatic nitrogens is 2.